The Balaban J connectivity index is 1.70. The Morgan fingerprint density at radius 1 is 1.04 bits per heavy atom. The monoisotopic (exact) mass is 390 g/mol. The number of hydrogen-bond donors (Lipinski definition) is 0. The fourth-order valence-corrected chi connectivity index (χ4v) is 4.02. The molecule has 3 heterocycles. The third kappa shape index (κ3) is 3.61. The van der Waals surface area contributed by atoms with Gasteiger partial charge < -0.3 is 14.4 Å². The fraction of sp³-hybridized carbons (Fsp3) is 0.500. The van der Waals surface area contributed by atoms with Gasteiger partial charge in [0, 0.05) is 31.2 Å². The third-order valence-electron chi connectivity index (χ3n) is 5.51. The maximum atomic E-state index is 13.5. The molecule has 0 saturated carbocycles. The molecule has 0 radical (unpaired) electrons. The Labute approximate surface area is 163 Å². The van der Waals surface area contributed by atoms with Crippen LogP contribution in [0.2, 0.25) is 0 Å². The highest BCUT2D eigenvalue weighted by Gasteiger charge is 2.32. The van der Waals surface area contributed by atoms with Crippen LogP contribution in [0.1, 0.15) is 25.0 Å². The molecule has 8 heteroatoms. The van der Waals surface area contributed by atoms with E-state index in [0.29, 0.717) is 34.7 Å². The molecule has 2 aliphatic rings. The highest BCUT2D eigenvalue weighted by molar-refractivity contribution is 5.65. The highest BCUT2D eigenvalue weighted by atomic mass is 19.3. The smallest absolute Gasteiger partial charge is 0.280 e. The first-order chi connectivity index (χ1) is 13.6. The lowest BCUT2D eigenvalue weighted by Crippen LogP contribution is -2.50. The van der Waals surface area contributed by atoms with Crippen LogP contribution in [0.15, 0.2) is 24.3 Å². The summed E-state index contributed by atoms with van der Waals surface area (Å²) in [6.45, 7) is 3.55. The Kier molecular flexibility index (Phi) is 5.30. The van der Waals surface area contributed by atoms with Gasteiger partial charge in [-0.3, -0.25) is 4.90 Å². The van der Waals surface area contributed by atoms with E-state index < -0.39 is 6.43 Å². The maximum absolute atomic E-state index is 13.5. The summed E-state index contributed by atoms with van der Waals surface area (Å²) in [5, 5.41) is 0. The summed E-state index contributed by atoms with van der Waals surface area (Å²) < 4.78 is 37.6. The van der Waals surface area contributed by atoms with Crippen molar-refractivity contribution in [1.82, 2.24) is 14.9 Å². The Bertz CT molecular complexity index is 849. The first kappa shape index (κ1) is 18.9. The largest absolute Gasteiger partial charge is 0.493 e. The van der Waals surface area contributed by atoms with Gasteiger partial charge in [0.1, 0.15) is 5.69 Å². The minimum atomic E-state index is -2.66. The number of alkyl halides is 2. The Morgan fingerprint density at radius 3 is 2.61 bits per heavy atom. The van der Waals surface area contributed by atoms with E-state index in [1.165, 1.54) is 12.5 Å². The van der Waals surface area contributed by atoms with E-state index in [-0.39, 0.29) is 5.69 Å². The number of hydrogen-bond acceptors (Lipinski definition) is 6. The lowest BCUT2D eigenvalue weighted by atomic mass is 10.1. The quantitative estimate of drug-likeness (QED) is 0.780. The second kappa shape index (κ2) is 7.87. The van der Waals surface area contributed by atoms with E-state index in [2.05, 4.69) is 14.9 Å². The molecule has 1 aromatic carbocycles. The van der Waals surface area contributed by atoms with Gasteiger partial charge in [-0.1, -0.05) is 0 Å². The standard InChI is InChI=1S/C20H24F2N4O2/c1-27-17-6-5-13(10-18(17)28-2)15-11-16(19(21)22)24-20(23-15)26-9-8-25-7-3-4-14(25)12-26/h5-6,10-11,14,19H,3-4,7-9,12H2,1-2H3. The molecule has 6 nitrogen and oxygen atoms in total. The molecule has 0 bridgehead atoms. The lowest BCUT2D eigenvalue weighted by Gasteiger charge is -2.37. The van der Waals surface area contributed by atoms with Gasteiger partial charge in [0.15, 0.2) is 11.5 Å². The molecule has 0 aliphatic carbocycles. The number of ether oxygens (including phenoxy) is 2. The van der Waals surface area contributed by atoms with Crippen LogP contribution in [0.4, 0.5) is 14.7 Å². The van der Waals surface area contributed by atoms with Gasteiger partial charge in [-0.25, -0.2) is 18.7 Å². The molecule has 4 rings (SSSR count). The number of fused-ring (bicyclic) bond motifs is 1. The second-order valence-electron chi connectivity index (χ2n) is 7.13. The average molecular weight is 390 g/mol. The summed E-state index contributed by atoms with van der Waals surface area (Å²) >= 11 is 0. The lowest BCUT2D eigenvalue weighted by molar-refractivity contribution is 0.146. The van der Waals surface area contributed by atoms with E-state index in [0.717, 1.165) is 32.6 Å². The van der Waals surface area contributed by atoms with Gasteiger partial charge >= 0.3 is 0 Å². The van der Waals surface area contributed by atoms with Crippen molar-refractivity contribution in [3.05, 3.63) is 30.0 Å². The molecule has 1 atom stereocenters. The summed E-state index contributed by atoms with van der Waals surface area (Å²) in [6, 6.07) is 7.08. The second-order valence-corrected chi connectivity index (χ2v) is 7.13. The van der Waals surface area contributed by atoms with E-state index in [9.17, 15) is 8.78 Å². The molecule has 2 saturated heterocycles. The van der Waals surface area contributed by atoms with E-state index in [1.54, 1.807) is 32.4 Å². The molecule has 2 fully saturated rings. The topological polar surface area (TPSA) is 50.7 Å². The number of methoxy groups -OCH3 is 2. The summed E-state index contributed by atoms with van der Waals surface area (Å²) in [7, 11) is 3.09. The summed E-state index contributed by atoms with van der Waals surface area (Å²) in [5.41, 5.74) is 0.876. The van der Waals surface area contributed by atoms with Crippen LogP contribution in [-0.2, 0) is 0 Å². The van der Waals surface area contributed by atoms with Gasteiger partial charge in [-0.15, -0.1) is 0 Å². The van der Waals surface area contributed by atoms with Gasteiger partial charge in [-0.05, 0) is 43.7 Å². The van der Waals surface area contributed by atoms with Crippen LogP contribution in [0.25, 0.3) is 11.3 Å². The Morgan fingerprint density at radius 2 is 1.86 bits per heavy atom. The molecule has 0 amide bonds. The Hall–Kier alpha value is -2.48. The van der Waals surface area contributed by atoms with Crippen molar-refractivity contribution in [3.63, 3.8) is 0 Å². The van der Waals surface area contributed by atoms with Crippen LogP contribution >= 0.6 is 0 Å². The van der Waals surface area contributed by atoms with E-state index >= 15 is 0 Å². The van der Waals surface area contributed by atoms with E-state index in [1.807, 2.05) is 4.90 Å². The van der Waals surface area contributed by atoms with Crippen LogP contribution in [-0.4, -0.2) is 61.3 Å². The molecule has 2 aromatic rings. The molecule has 1 aromatic heterocycles. The zero-order valence-corrected chi connectivity index (χ0v) is 16.1. The van der Waals surface area contributed by atoms with Crippen molar-refractivity contribution in [3.8, 4) is 22.8 Å². The van der Waals surface area contributed by atoms with Gasteiger partial charge in [0.05, 0.1) is 19.9 Å². The van der Waals surface area contributed by atoms with Crippen molar-refractivity contribution in [1.29, 1.82) is 0 Å². The van der Waals surface area contributed by atoms with Gasteiger partial charge in [0.25, 0.3) is 6.43 Å². The van der Waals surface area contributed by atoms with Gasteiger partial charge in [0.2, 0.25) is 5.95 Å². The van der Waals surface area contributed by atoms with Crippen LogP contribution in [0.5, 0.6) is 11.5 Å². The zero-order valence-electron chi connectivity index (χ0n) is 16.1. The molecule has 150 valence electrons. The molecule has 0 spiro atoms. The van der Waals surface area contributed by atoms with E-state index in [4.69, 9.17) is 9.47 Å². The van der Waals surface area contributed by atoms with Crippen molar-refractivity contribution >= 4 is 5.95 Å². The van der Waals surface area contributed by atoms with Crippen molar-refractivity contribution < 1.29 is 18.3 Å². The fourth-order valence-electron chi connectivity index (χ4n) is 4.02. The number of nitrogens with zero attached hydrogens (tertiary/aromatic N) is 4. The van der Waals surface area contributed by atoms with Crippen LogP contribution in [0.3, 0.4) is 0 Å². The minimum Gasteiger partial charge on any atom is -0.493 e. The molecular formula is C20H24F2N4O2. The SMILES string of the molecule is COc1ccc(-c2cc(C(F)F)nc(N3CCN4CCCC4C3)n2)cc1OC. The average Bonchev–Trinajstić information content (AvgIpc) is 3.20. The summed E-state index contributed by atoms with van der Waals surface area (Å²) in [4.78, 5) is 13.3. The van der Waals surface area contributed by atoms with Crippen LogP contribution in [0, 0.1) is 0 Å². The first-order valence-electron chi connectivity index (χ1n) is 9.47. The molecule has 28 heavy (non-hydrogen) atoms. The molecule has 2 aliphatic heterocycles. The summed E-state index contributed by atoms with van der Waals surface area (Å²) in [6.07, 6.45) is -0.339. The number of anilines is 1. The van der Waals surface area contributed by atoms with Gasteiger partial charge in [-0.2, -0.15) is 0 Å². The number of benzene rings is 1. The minimum absolute atomic E-state index is 0.261. The zero-order chi connectivity index (χ0) is 19.7. The third-order valence-corrected chi connectivity index (χ3v) is 5.51. The number of aromatic nitrogens is 2. The predicted octanol–water partition coefficient (Wildman–Crippen LogP) is 3.38. The first-order valence-corrected chi connectivity index (χ1v) is 9.47. The molecular weight excluding hydrogens is 366 g/mol. The predicted molar refractivity (Wildman–Crippen MR) is 102 cm³/mol. The summed E-state index contributed by atoms with van der Waals surface area (Å²) in [5.74, 6) is 1.47. The van der Waals surface area contributed by atoms with Crippen molar-refractivity contribution in [2.45, 2.75) is 25.3 Å². The van der Waals surface area contributed by atoms with Crippen molar-refractivity contribution in [2.75, 3.05) is 45.3 Å². The number of piperazine rings is 1. The van der Waals surface area contributed by atoms with Crippen molar-refractivity contribution in [2.24, 2.45) is 0 Å². The molecule has 1 unspecified atom stereocenters. The highest BCUT2D eigenvalue weighted by Crippen LogP contribution is 2.34. The number of halogens is 2. The molecule has 0 N–H and O–H groups in total. The normalized spacial score (nSPS) is 19.8. The maximum Gasteiger partial charge on any atom is 0.280 e. The van der Waals surface area contributed by atoms with Crippen LogP contribution < -0.4 is 14.4 Å². The number of rotatable bonds is 5.